The van der Waals surface area contributed by atoms with Crippen molar-refractivity contribution in [3.8, 4) is 0 Å². The van der Waals surface area contributed by atoms with E-state index in [4.69, 9.17) is 0 Å². The number of nitrogens with zero attached hydrogens (tertiary/aromatic N) is 1. The first-order chi connectivity index (χ1) is 8.58. The van der Waals surface area contributed by atoms with Gasteiger partial charge in [0, 0.05) is 6.54 Å². The molecule has 18 heavy (non-hydrogen) atoms. The van der Waals surface area contributed by atoms with Crippen LogP contribution in [-0.4, -0.2) is 28.1 Å². The van der Waals surface area contributed by atoms with Crippen molar-refractivity contribution in [1.82, 2.24) is 4.90 Å². The van der Waals surface area contributed by atoms with Gasteiger partial charge >= 0.3 is 5.97 Å². The van der Waals surface area contributed by atoms with Crippen LogP contribution in [0, 0.1) is 6.92 Å². The fraction of sp³-hybridized carbons (Fsp3) is 0.533. The molecule has 98 valence electrons. The van der Waals surface area contributed by atoms with Crippen LogP contribution in [0.15, 0.2) is 24.3 Å². The predicted octanol–water partition coefficient (Wildman–Crippen LogP) is 2.82. The summed E-state index contributed by atoms with van der Waals surface area (Å²) in [6.07, 6.45) is 2.42. The van der Waals surface area contributed by atoms with Gasteiger partial charge in [-0.3, -0.25) is 9.69 Å². The maximum atomic E-state index is 11.6. The molecule has 1 fully saturated rings. The molecular formula is C15H21NO2. The van der Waals surface area contributed by atoms with E-state index in [1.807, 2.05) is 13.0 Å². The normalized spacial score (nSPS) is 24.3. The molecule has 2 rings (SSSR count). The van der Waals surface area contributed by atoms with Crippen molar-refractivity contribution in [3.05, 3.63) is 35.4 Å². The number of aliphatic carboxylic acids is 1. The number of rotatable bonds is 4. The first-order valence-electron chi connectivity index (χ1n) is 6.62. The van der Waals surface area contributed by atoms with Crippen LogP contribution in [0.25, 0.3) is 0 Å². The lowest BCUT2D eigenvalue weighted by Crippen LogP contribution is -2.49. The molecule has 0 bridgehead atoms. The van der Waals surface area contributed by atoms with Gasteiger partial charge in [0.15, 0.2) is 0 Å². The number of benzene rings is 1. The van der Waals surface area contributed by atoms with Crippen LogP contribution in [-0.2, 0) is 11.3 Å². The summed E-state index contributed by atoms with van der Waals surface area (Å²) in [6, 6.07) is 8.32. The van der Waals surface area contributed by atoms with E-state index in [0.29, 0.717) is 6.42 Å². The summed E-state index contributed by atoms with van der Waals surface area (Å²) in [6.45, 7) is 5.66. The number of carboxylic acids is 1. The average molecular weight is 247 g/mol. The van der Waals surface area contributed by atoms with Gasteiger partial charge in [-0.15, -0.1) is 0 Å². The van der Waals surface area contributed by atoms with E-state index in [2.05, 4.69) is 30.0 Å². The summed E-state index contributed by atoms with van der Waals surface area (Å²) < 4.78 is 0. The van der Waals surface area contributed by atoms with E-state index in [1.165, 1.54) is 11.1 Å². The molecule has 0 aliphatic carbocycles. The fourth-order valence-electron chi connectivity index (χ4n) is 2.99. The number of carbonyl (C=O) groups is 1. The van der Waals surface area contributed by atoms with Gasteiger partial charge in [0.2, 0.25) is 0 Å². The van der Waals surface area contributed by atoms with Crippen molar-refractivity contribution in [3.63, 3.8) is 0 Å². The van der Waals surface area contributed by atoms with Crippen LogP contribution in [0.1, 0.15) is 37.3 Å². The Labute approximate surface area is 108 Å². The summed E-state index contributed by atoms with van der Waals surface area (Å²) >= 11 is 0. The molecule has 1 unspecified atom stereocenters. The lowest BCUT2D eigenvalue weighted by Gasteiger charge is -2.34. The van der Waals surface area contributed by atoms with Gasteiger partial charge in [-0.1, -0.05) is 36.8 Å². The van der Waals surface area contributed by atoms with Crippen molar-refractivity contribution in [2.45, 2.75) is 45.2 Å². The van der Waals surface area contributed by atoms with Gasteiger partial charge in [-0.25, -0.2) is 0 Å². The van der Waals surface area contributed by atoms with Crippen molar-refractivity contribution in [1.29, 1.82) is 0 Å². The molecule has 0 aromatic heterocycles. The summed E-state index contributed by atoms with van der Waals surface area (Å²) in [4.78, 5) is 13.7. The topological polar surface area (TPSA) is 40.5 Å². The van der Waals surface area contributed by atoms with E-state index in [1.54, 1.807) is 0 Å². The van der Waals surface area contributed by atoms with Crippen LogP contribution in [0.2, 0.25) is 0 Å². The highest BCUT2D eigenvalue weighted by Gasteiger charge is 2.45. The summed E-state index contributed by atoms with van der Waals surface area (Å²) in [5.74, 6) is -0.671. The van der Waals surface area contributed by atoms with Crippen LogP contribution < -0.4 is 0 Å². The molecule has 0 amide bonds. The first kappa shape index (κ1) is 13.1. The number of likely N-dealkylation sites (tertiary alicyclic amines) is 1. The van der Waals surface area contributed by atoms with Gasteiger partial charge in [0.1, 0.15) is 5.54 Å². The highest BCUT2D eigenvalue weighted by Crippen LogP contribution is 2.34. The Morgan fingerprint density at radius 3 is 2.89 bits per heavy atom. The SMILES string of the molecule is CCC1(C(=O)O)CCCN1Cc1cccc(C)c1. The minimum Gasteiger partial charge on any atom is -0.480 e. The van der Waals surface area contributed by atoms with Gasteiger partial charge < -0.3 is 5.11 Å². The Hall–Kier alpha value is -1.35. The third kappa shape index (κ3) is 2.27. The molecule has 0 spiro atoms. The Morgan fingerprint density at radius 1 is 1.50 bits per heavy atom. The Bertz CT molecular complexity index is 444. The summed E-state index contributed by atoms with van der Waals surface area (Å²) in [5.41, 5.74) is 1.78. The zero-order valence-electron chi connectivity index (χ0n) is 11.1. The van der Waals surface area contributed by atoms with Crippen molar-refractivity contribution in [2.75, 3.05) is 6.54 Å². The summed E-state index contributed by atoms with van der Waals surface area (Å²) in [7, 11) is 0. The second-order valence-corrected chi connectivity index (χ2v) is 5.20. The first-order valence-corrected chi connectivity index (χ1v) is 6.62. The molecule has 1 aromatic carbocycles. The Morgan fingerprint density at radius 2 is 2.28 bits per heavy atom. The van der Waals surface area contributed by atoms with Crippen molar-refractivity contribution >= 4 is 5.97 Å². The monoisotopic (exact) mass is 247 g/mol. The molecule has 1 aliphatic rings. The average Bonchev–Trinajstić information content (AvgIpc) is 2.73. The second kappa shape index (κ2) is 5.11. The van der Waals surface area contributed by atoms with Crippen molar-refractivity contribution < 1.29 is 9.90 Å². The summed E-state index contributed by atoms with van der Waals surface area (Å²) in [5, 5.41) is 9.53. The zero-order chi connectivity index (χ0) is 13.2. The molecule has 3 heteroatoms. The maximum Gasteiger partial charge on any atom is 0.324 e. The number of aryl methyl sites for hydroxylation is 1. The third-order valence-corrected chi connectivity index (χ3v) is 4.06. The molecule has 1 atom stereocenters. The zero-order valence-corrected chi connectivity index (χ0v) is 11.1. The minimum absolute atomic E-state index is 0.649. The third-order valence-electron chi connectivity index (χ3n) is 4.06. The van der Waals surface area contributed by atoms with Gasteiger partial charge in [0.25, 0.3) is 0 Å². The molecule has 1 aliphatic heterocycles. The lowest BCUT2D eigenvalue weighted by molar-refractivity contribution is -0.150. The van der Waals surface area contributed by atoms with E-state index in [0.717, 1.165) is 25.9 Å². The number of hydrogen-bond acceptors (Lipinski definition) is 2. The molecule has 1 saturated heterocycles. The van der Waals surface area contributed by atoms with Crippen LogP contribution in [0.3, 0.4) is 0 Å². The van der Waals surface area contributed by atoms with Gasteiger partial charge in [-0.2, -0.15) is 0 Å². The molecule has 0 saturated carbocycles. The van der Waals surface area contributed by atoms with Crippen molar-refractivity contribution in [2.24, 2.45) is 0 Å². The standard InChI is InChI=1S/C15H21NO2/c1-3-15(14(17)18)8-5-9-16(15)11-13-7-4-6-12(2)10-13/h4,6-7,10H,3,5,8-9,11H2,1-2H3,(H,17,18). The molecule has 1 N–H and O–H groups in total. The Kier molecular flexibility index (Phi) is 3.71. The lowest BCUT2D eigenvalue weighted by atomic mass is 9.92. The molecule has 3 nitrogen and oxygen atoms in total. The maximum absolute atomic E-state index is 11.6. The highest BCUT2D eigenvalue weighted by atomic mass is 16.4. The largest absolute Gasteiger partial charge is 0.480 e. The fourth-order valence-corrected chi connectivity index (χ4v) is 2.99. The molecular weight excluding hydrogens is 226 g/mol. The number of carboxylic acid groups (broad SMARTS) is 1. The van der Waals surface area contributed by atoms with E-state index >= 15 is 0 Å². The van der Waals surface area contributed by atoms with Crippen LogP contribution in [0.4, 0.5) is 0 Å². The van der Waals surface area contributed by atoms with Gasteiger partial charge in [-0.05, 0) is 38.3 Å². The predicted molar refractivity (Wildman–Crippen MR) is 71.5 cm³/mol. The van der Waals surface area contributed by atoms with Gasteiger partial charge in [0.05, 0.1) is 0 Å². The number of hydrogen-bond donors (Lipinski definition) is 1. The van der Waals surface area contributed by atoms with Crippen LogP contribution in [0.5, 0.6) is 0 Å². The van der Waals surface area contributed by atoms with Crippen LogP contribution >= 0.6 is 0 Å². The highest BCUT2D eigenvalue weighted by molar-refractivity contribution is 5.79. The van der Waals surface area contributed by atoms with E-state index in [-0.39, 0.29) is 0 Å². The smallest absolute Gasteiger partial charge is 0.324 e. The molecule has 1 aromatic rings. The van der Waals surface area contributed by atoms with E-state index < -0.39 is 11.5 Å². The van der Waals surface area contributed by atoms with E-state index in [9.17, 15) is 9.90 Å². The quantitative estimate of drug-likeness (QED) is 0.889. The minimum atomic E-state index is -0.671. The second-order valence-electron chi connectivity index (χ2n) is 5.20. The Balaban J connectivity index is 2.20. The molecule has 0 radical (unpaired) electrons. The molecule has 1 heterocycles.